The van der Waals surface area contributed by atoms with Gasteiger partial charge in [0, 0.05) is 30.9 Å². The predicted molar refractivity (Wildman–Crippen MR) is 73.1 cm³/mol. The molecule has 19 heavy (non-hydrogen) atoms. The van der Waals surface area contributed by atoms with Gasteiger partial charge in [-0.1, -0.05) is 26.7 Å². The summed E-state index contributed by atoms with van der Waals surface area (Å²) in [6, 6.07) is 3.18. The molecule has 5 heteroatoms. The van der Waals surface area contributed by atoms with Crippen molar-refractivity contribution < 1.29 is 4.39 Å². The van der Waals surface area contributed by atoms with Gasteiger partial charge in [-0.15, -0.1) is 0 Å². The summed E-state index contributed by atoms with van der Waals surface area (Å²) in [4.78, 5) is 7.25. The molecule has 0 bridgehead atoms. The molecule has 0 saturated heterocycles. The first-order valence-electron chi connectivity index (χ1n) is 7.12. The van der Waals surface area contributed by atoms with E-state index in [1.807, 2.05) is 0 Å². The van der Waals surface area contributed by atoms with Crippen molar-refractivity contribution in [2.45, 2.75) is 64.2 Å². The highest BCUT2D eigenvalue weighted by Crippen LogP contribution is 2.19. The number of halogens is 1. The van der Waals surface area contributed by atoms with Gasteiger partial charge in [0.25, 0.3) is 0 Å². The van der Waals surface area contributed by atoms with E-state index in [4.69, 9.17) is 0 Å². The summed E-state index contributed by atoms with van der Waals surface area (Å²) >= 11 is 0. The fourth-order valence-electron chi connectivity index (χ4n) is 2.71. The Labute approximate surface area is 114 Å². The average Bonchev–Trinajstić information content (AvgIpc) is 2.37. The molecule has 4 nitrogen and oxygen atoms in total. The minimum atomic E-state index is -0.653. The number of rotatable bonds is 5. The highest BCUT2D eigenvalue weighted by Gasteiger charge is 2.24. The highest BCUT2D eigenvalue weighted by molar-refractivity contribution is 4.99. The average molecular weight is 266 g/mol. The fraction of sp³-hybridized carbons (Fsp3) is 0.714. The lowest BCUT2D eigenvalue weighted by Crippen LogP contribution is -2.51. The van der Waals surface area contributed by atoms with Crippen LogP contribution in [0.1, 0.15) is 45.2 Å². The summed E-state index contributed by atoms with van der Waals surface area (Å²) < 4.78 is 12.9. The minimum Gasteiger partial charge on any atom is -0.310 e. The molecule has 1 fully saturated rings. The van der Waals surface area contributed by atoms with Crippen molar-refractivity contribution in [1.82, 2.24) is 20.6 Å². The molecule has 106 valence electrons. The number of nitrogens with zero attached hydrogens (tertiary/aromatic N) is 2. The van der Waals surface area contributed by atoms with Crippen molar-refractivity contribution >= 4 is 0 Å². The van der Waals surface area contributed by atoms with E-state index in [0.29, 0.717) is 30.4 Å². The van der Waals surface area contributed by atoms with Gasteiger partial charge in [0.15, 0.2) is 0 Å². The van der Waals surface area contributed by atoms with Crippen LogP contribution in [0.3, 0.4) is 0 Å². The quantitative estimate of drug-likeness (QED) is 0.801. The van der Waals surface area contributed by atoms with Gasteiger partial charge in [-0.3, -0.25) is 0 Å². The summed E-state index contributed by atoms with van der Waals surface area (Å²) in [5.41, 5.74) is 0.710. The Morgan fingerprint density at radius 3 is 2.74 bits per heavy atom. The molecule has 0 aromatic carbocycles. The van der Waals surface area contributed by atoms with Crippen LogP contribution in [-0.2, 0) is 6.54 Å². The van der Waals surface area contributed by atoms with Gasteiger partial charge in [0.05, 0.1) is 5.69 Å². The summed E-state index contributed by atoms with van der Waals surface area (Å²) in [6.45, 7) is 4.94. The zero-order chi connectivity index (χ0) is 13.7. The van der Waals surface area contributed by atoms with E-state index in [0.717, 1.165) is 6.42 Å². The number of hydrogen-bond donors (Lipinski definition) is 2. The Kier molecular flexibility index (Phi) is 5.22. The molecule has 2 unspecified atom stereocenters. The molecule has 0 amide bonds. The van der Waals surface area contributed by atoms with E-state index in [9.17, 15) is 4.39 Å². The summed E-state index contributed by atoms with van der Waals surface area (Å²) in [7, 11) is 0. The van der Waals surface area contributed by atoms with Gasteiger partial charge in [0.2, 0.25) is 0 Å². The van der Waals surface area contributed by atoms with E-state index in [1.54, 1.807) is 6.07 Å². The van der Waals surface area contributed by atoms with Gasteiger partial charge >= 0.3 is 6.08 Å². The van der Waals surface area contributed by atoms with E-state index in [2.05, 4.69) is 34.4 Å². The molecule has 0 spiro atoms. The van der Waals surface area contributed by atoms with E-state index in [1.165, 1.54) is 25.5 Å². The molecule has 2 N–H and O–H groups in total. The largest absolute Gasteiger partial charge is 0.310 e. The third kappa shape index (κ3) is 4.51. The van der Waals surface area contributed by atoms with Crippen molar-refractivity contribution in [3.8, 4) is 0 Å². The first-order valence-corrected chi connectivity index (χ1v) is 7.12. The lowest BCUT2D eigenvalue weighted by atomic mass is 9.89. The molecule has 2 rings (SSSR count). The van der Waals surface area contributed by atoms with Crippen LogP contribution in [0.5, 0.6) is 0 Å². The Morgan fingerprint density at radius 1 is 1.32 bits per heavy atom. The molecule has 1 aromatic rings. The van der Waals surface area contributed by atoms with Crippen LogP contribution in [0.25, 0.3) is 0 Å². The summed E-state index contributed by atoms with van der Waals surface area (Å²) in [6.07, 6.45) is 5.71. The highest BCUT2D eigenvalue weighted by atomic mass is 19.1. The van der Waals surface area contributed by atoms with Crippen molar-refractivity contribution in [2.24, 2.45) is 0 Å². The van der Waals surface area contributed by atoms with Crippen LogP contribution in [0.4, 0.5) is 4.39 Å². The minimum absolute atomic E-state index is 0.439. The van der Waals surface area contributed by atoms with Gasteiger partial charge in [-0.25, -0.2) is 9.97 Å². The molecule has 1 heterocycles. The van der Waals surface area contributed by atoms with Crippen molar-refractivity contribution in [1.29, 1.82) is 0 Å². The zero-order valence-electron chi connectivity index (χ0n) is 11.7. The lowest BCUT2D eigenvalue weighted by molar-refractivity contribution is 0.269. The second kappa shape index (κ2) is 6.91. The second-order valence-corrected chi connectivity index (χ2v) is 5.52. The van der Waals surface area contributed by atoms with Gasteiger partial charge in [-0.05, 0) is 18.9 Å². The van der Waals surface area contributed by atoms with E-state index < -0.39 is 6.08 Å². The first-order chi connectivity index (χ1) is 9.15. The van der Waals surface area contributed by atoms with Crippen molar-refractivity contribution in [2.75, 3.05) is 0 Å². The Morgan fingerprint density at radius 2 is 2.05 bits per heavy atom. The van der Waals surface area contributed by atoms with E-state index >= 15 is 0 Å². The standard InChI is InChI=1S/C14H23FN4/c1-10(2)18-13-6-4-3-5-12(13)17-9-11-7-8-16-14(15)19-11/h7-8,10,12-13,17-18H,3-6,9H2,1-2H3. The van der Waals surface area contributed by atoms with Crippen LogP contribution in [0.15, 0.2) is 12.3 Å². The summed E-state index contributed by atoms with van der Waals surface area (Å²) in [5.74, 6) is 0. The SMILES string of the molecule is CC(C)NC1CCCCC1NCc1ccnc(F)n1. The third-order valence-electron chi connectivity index (χ3n) is 3.54. The van der Waals surface area contributed by atoms with Gasteiger partial charge in [0.1, 0.15) is 0 Å². The second-order valence-electron chi connectivity index (χ2n) is 5.52. The molecule has 1 aliphatic carbocycles. The predicted octanol–water partition coefficient (Wildman–Crippen LogP) is 2.01. The Bertz CT molecular complexity index is 397. The maximum atomic E-state index is 12.9. The molecule has 0 aliphatic heterocycles. The van der Waals surface area contributed by atoms with Crippen LogP contribution in [0, 0.1) is 6.08 Å². The molecular formula is C14H23FN4. The molecule has 1 saturated carbocycles. The van der Waals surface area contributed by atoms with E-state index in [-0.39, 0.29) is 0 Å². The zero-order valence-corrected chi connectivity index (χ0v) is 11.7. The number of aromatic nitrogens is 2. The normalized spacial score (nSPS) is 23.8. The molecule has 2 atom stereocenters. The first kappa shape index (κ1) is 14.3. The van der Waals surface area contributed by atoms with Crippen molar-refractivity contribution in [3.05, 3.63) is 24.0 Å². The molecule has 1 aromatic heterocycles. The smallest absolute Gasteiger partial charge is 0.308 e. The molecule has 1 aliphatic rings. The number of hydrogen-bond acceptors (Lipinski definition) is 4. The lowest BCUT2D eigenvalue weighted by Gasteiger charge is -2.34. The van der Waals surface area contributed by atoms with Gasteiger partial charge < -0.3 is 10.6 Å². The fourth-order valence-corrected chi connectivity index (χ4v) is 2.71. The van der Waals surface area contributed by atoms with Gasteiger partial charge in [-0.2, -0.15) is 4.39 Å². The maximum Gasteiger partial charge on any atom is 0.308 e. The van der Waals surface area contributed by atoms with Crippen LogP contribution in [-0.4, -0.2) is 28.1 Å². The maximum absolute atomic E-state index is 12.9. The Balaban J connectivity index is 1.89. The topological polar surface area (TPSA) is 49.8 Å². The number of nitrogens with one attached hydrogen (secondary N) is 2. The third-order valence-corrected chi connectivity index (χ3v) is 3.54. The summed E-state index contributed by atoms with van der Waals surface area (Å²) in [5, 5.41) is 7.11. The monoisotopic (exact) mass is 266 g/mol. The van der Waals surface area contributed by atoms with Crippen LogP contribution in [0.2, 0.25) is 0 Å². The molecular weight excluding hydrogens is 243 g/mol. The molecule has 0 radical (unpaired) electrons. The van der Waals surface area contributed by atoms with Crippen molar-refractivity contribution in [3.63, 3.8) is 0 Å². The van der Waals surface area contributed by atoms with Crippen LogP contribution >= 0.6 is 0 Å². The Hall–Kier alpha value is -1.07. The van der Waals surface area contributed by atoms with Crippen LogP contribution < -0.4 is 10.6 Å².